The summed E-state index contributed by atoms with van der Waals surface area (Å²) in [6.07, 6.45) is 0. The number of methoxy groups -OCH3 is 3. The zero-order valence-electron chi connectivity index (χ0n) is 21.2. The van der Waals surface area contributed by atoms with Gasteiger partial charge in [-0.25, -0.2) is 0 Å². The average Bonchev–Trinajstić information content (AvgIpc) is 2.87. The van der Waals surface area contributed by atoms with Crippen LogP contribution in [0.2, 0.25) is 0 Å². The van der Waals surface area contributed by atoms with Crippen molar-refractivity contribution in [1.29, 1.82) is 0 Å². The molecule has 3 aromatic carbocycles. The smallest absolute Gasteiger partial charge is 0.255 e. The van der Waals surface area contributed by atoms with Crippen LogP contribution < -0.4 is 25.0 Å². The fraction of sp³-hybridized carbons (Fsp3) is 0.241. The van der Waals surface area contributed by atoms with Gasteiger partial charge in [-0.2, -0.15) is 0 Å². The van der Waals surface area contributed by atoms with E-state index in [1.54, 1.807) is 30.3 Å². The van der Waals surface area contributed by atoms with Crippen molar-refractivity contribution in [3.8, 4) is 28.6 Å². The van der Waals surface area contributed by atoms with Crippen LogP contribution in [0.3, 0.4) is 0 Å². The molecule has 0 spiro atoms. The molecule has 4 aromatic rings. The lowest BCUT2D eigenvalue weighted by Crippen LogP contribution is -2.13. The Morgan fingerprint density at radius 3 is 2.03 bits per heavy atom. The molecule has 7 nitrogen and oxygen atoms in total. The maximum absolute atomic E-state index is 12.9. The number of fused-ring (bicyclic) bond motifs is 1. The van der Waals surface area contributed by atoms with Crippen LogP contribution in [-0.4, -0.2) is 27.2 Å². The first kappa shape index (κ1) is 24.9. The van der Waals surface area contributed by atoms with Gasteiger partial charge in [0, 0.05) is 22.9 Å². The van der Waals surface area contributed by atoms with E-state index in [1.165, 1.54) is 33.0 Å². The zero-order chi connectivity index (χ0) is 26.0. The minimum atomic E-state index is -0.395. The number of ether oxygens (including phenoxy) is 3. The van der Waals surface area contributed by atoms with E-state index in [4.69, 9.17) is 18.6 Å². The molecule has 0 aliphatic rings. The van der Waals surface area contributed by atoms with Gasteiger partial charge in [0.15, 0.2) is 16.9 Å². The van der Waals surface area contributed by atoms with E-state index in [9.17, 15) is 9.59 Å². The third-order valence-corrected chi connectivity index (χ3v) is 5.95. The van der Waals surface area contributed by atoms with Crippen molar-refractivity contribution in [2.75, 3.05) is 26.6 Å². The summed E-state index contributed by atoms with van der Waals surface area (Å²) in [5.41, 5.74) is 3.05. The highest BCUT2D eigenvalue weighted by atomic mass is 16.5. The Hall–Kier alpha value is -4.26. The topological polar surface area (TPSA) is 87.0 Å². The van der Waals surface area contributed by atoms with Crippen LogP contribution in [0.15, 0.2) is 69.9 Å². The van der Waals surface area contributed by atoms with Gasteiger partial charge in [0.05, 0.1) is 26.7 Å². The first-order valence-corrected chi connectivity index (χ1v) is 11.4. The molecular weight excluding hydrogens is 458 g/mol. The second kappa shape index (κ2) is 9.77. The highest BCUT2D eigenvalue weighted by molar-refractivity contribution is 6.05. The van der Waals surface area contributed by atoms with E-state index in [0.717, 1.165) is 5.56 Å². The number of carbonyl (C=O) groups is 1. The molecule has 36 heavy (non-hydrogen) atoms. The summed E-state index contributed by atoms with van der Waals surface area (Å²) < 4.78 is 22.0. The summed E-state index contributed by atoms with van der Waals surface area (Å²) in [6.45, 7) is 6.45. The van der Waals surface area contributed by atoms with Gasteiger partial charge in [0.2, 0.25) is 5.75 Å². The summed E-state index contributed by atoms with van der Waals surface area (Å²) in [4.78, 5) is 25.9. The van der Waals surface area contributed by atoms with Gasteiger partial charge in [-0.1, -0.05) is 45.0 Å². The molecule has 0 radical (unpaired) electrons. The molecular formula is C29H29NO6. The Kier molecular flexibility index (Phi) is 6.75. The van der Waals surface area contributed by atoms with Crippen LogP contribution >= 0.6 is 0 Å². The second-order valence-corrected chi connectivity index (χ2v) is 9.38. The molecule has 4 rings (SSSR count). The van der Waals surface area contributed by atoms with Crippen molar-refractivity contribution in [1.82, 2.24) is 0 Å². The Bertz CT molecular complexity index is 1450. The van der Waals surface area contributed by atoms with Crippen LogP contribution in [0.25, 0.3) is 22.3 Å². The summed E-state index contributed by atoms with van der Waals surface area (Å²) in [5, 5.41) is 3.18. The van der Waals surface area contributed by atoms with Gasteiger partial charge in [-0.3, -0.25) is 9.59 Å². The van der Waals surface area contributed by atoms with E-state index in [2.05, 4.69) is 26.1 Å². The zero-order valence-corrected chi connectivity index (χ0v) is 21.2. The maximum atomic E-state index is 12.9. The molecule has 1 N–H and O–H groups in total. The molecule has 0 saturated carbocycles. The lowest BCUT2D eigenvalue weighted by Gasteiger charge is -2.19. The molecule has 1 amide bonds. The normalized spacial score (nSPS) is 11.3. The number of benzene rings is 3. The number of rotatable bonds is 6. The Labute approximate surface area is 209 Å². The van der Waals surface area contributed by atoms with Crippen molar-refractivity contribution < 1.29 is 23.4 Å². The molecule has 0 aliphatic heterocycles. The fourth-order valence-corrected chi connectivity index (χ4v) is 3.93. The molecule has 1 aromatic heterocycles. The van der Waals surface area contributed by atoms with Gasteiger partial charge in [-0.15, -0.1) is 0 Å². The van der Waals surface area contributed by atoms with Crippen LogP contribution in [0, 0.1) is 0 Å². The van der Waals surface area contributed by atoms with Gasteiger partial charge in [0.25, 0.3) is 5.91 Å². The summed E-state index contributed by atoms with van der Waals surface area (Å²) >= 11 is 0. The van der Waals surface area contributed by atoms with E-state index in [1.807, 2.05) is 24.3 Å². The Morgan fingerprint density at radius 1 is 0.833 bits per heavy atom. The summed E-state index contributed by atoms with van der Waals surface area (Å²) in [5.74, 6) is 1.22. The van der Waals surface area contributed by atoms with Crippen molar-refractivity contribution >= 4 is 22.6 Å². The van der Waals surface area contributed by atoms with Crippen LogP contribution in [-0.2, 0) is 5.41 Å². The largest absolute Gasteiger partial charge is 0.493 e. The van der Waals surface area contributed by atoms with E-state index >= 15 is 0 Å². The number of amides is 1. The predicted molar refractivity (Wildman–Crippen MR) is 141 cm³/mol. The Morgan fingerprint density at radius 2 is 1.47 bits per heavy atom. The lowest BCUT2D eigenvalue weighted by atomic mass is 9.86. The average molecular weight is 488 g/mol. The first-order valence-electron chi connectivity index (χ1n) is 11.4. The summed E-state index contributed by atoms with van der Waals surface area (Å²) in [6, 6.07) is 17.5. The van der Waals surface area contributed by atoms with Crippen molar-refractivity contribution in [2.45, 2.75) is 26.2 Å². The third kappa shape index (κ3) is 4.91. The van der Waals surface area contributed by atoms with Crippen LogP contribution in [0.5, 0.6) is 17.2 Å². The molecule has 0 fully saturated rings. The van der Waals surface area contributed by atoms with Crippen LogP contribution in [0.1, 0.15) is 36.7 Å². The number of hydrogen-bond acceptors (Lipinski definition) is 6. The van der Waals surface area contributed by atoms with E-state index in [-0.39, 0.29) is 10.8 Å². The molecule has 7 heteroatoms. The molecule has 0 atom stereocenters. The minimum Gasteiger partial charge on any atom is -0.493 e. The fourth-order valence-electron chi connectivity index (χ4n) is 3.93. The predicted octanol–water partition coefficient (Wildman–Crippen LogP) is 6.04. The van der Waals surface area contributed by atoms with E-state index in [0.29, 0.717) is 45.2 Å². The molecule has 0 bridgehead atoms. The number of carbonyl (C=O) groups excluding carboxylic acids is 1. The standard InChI is InChI=1S/C29H29NO6/c1-29(2,3)19-9-7-17(8-10-19)24-16-22(31)21-15-20(11-12-23(21)36-24)30-28(32)18-13-25(33-4)27(35-6)26(14-18)34-5/h7-16H,1-6H3,(H,30,32). The number of anilines is 1. The number of nitrogens with one attached hydrogen (secondary N) is 1. The third-order valence-electron chi connectivity index (χ3n) is 5.95. The maximum Gasteiger partial charge on any atom is 0.255 e. The van der Waals surface area contributed by atoms with Crippen molar-refractivity contribution in [3.63, 3.8) is 0 Å². The van der Waals surface area contributed by atoms with Gasteiger partial charge in [0.1, 0.15) is 11.3 Å². The summed E-state index contributed by atoms with van der Waals surface area (Å²) in [7, 11) is 4.46. The highest BCUT2D eigenvalue weighted by Gasteiger charge is 2.18. The van der Waals surface area contributed by atoms with Crippen molar-refractivity contribution in [3.05, 3.63) is 82.0 Å². The SMILES string of the molecule is COc1cc(C(=O)Nc2ccc3oc(-c4ccc(C(C)(C)C)cc4)cc(=O)c3c2)cc(OC)c1OC. The van der Waals surface area contributed by atoms with Crippen molar-refractivity contribution in [2.24, 2.45) is 0 Å². The van der Waals surface area contributed by atoms with Crippen LogP contribution in [0.4, 0.5) is 5.69 Å². The molecule has 0 unspecified atom stereocenters. The van der Waals surface area contributed by atoms with Gasteiger partial charge in [-0.05, 0) is 41.3 Å². The lowest BCUT2D eigenvalue weighted by molar-refractivity contribution is 0.102. The second-order valence-electron chi connectivity index (χ2n) is 9.38. The Balaban J connectivity index is 1.63. The molecule has 0 saturated heterocycles. The monoisotopic (exact) mass is 487 g/mol. The first-order chi connectivity index (χ1) is 17.1. The molecule has 0 aliphatic carbocycles. The van der Waals surface area contributed by atoms with E-state index < -0.39 is 5.91 Å². The molecule has 186 valence electrons. The highest BCUT2D eigenvalue weighted by Crippen LogP contribution is 2.38. The quantitative estimate of drug-likeness (QED) is 0.357. The van der Waals surface area contributed by atoms with Gasteiger partial charge < -0.3 is 23.9 Å². The minimum absolute atomic E-state index is 0.0334. The van der Waals surface area contributed by atoms with Gasteiger partial charge >= 0.3 is 0 Å². The number of hydrogen-bond donors (Lipinski definition) is 1. The molecule has 1 heterocycles.